The molecule has 4 aromatic rings. The molecule has 0 saturated heterocycles. The van der Waals surface area contributed by atoms with Gasteiger partial charge in [0.05, 0.1) is 16.3 Å². The summed E-state index contributed by atoms with van der Waals surface area (Å²) in [5.74, 6) is -1.07. The molecular formula is C20H10ClF3N2O3. The zero-order valence-electron chi connectivity index (χ0n) is 14.4. The summed E-state index contributed by atoms with van der Waals surface area (Å²) in [5.41, 5.74) is -2.98. The number of benzene rings is 2. The molecule has 146 valence electrons. The number of pyridine rings is 1. The predicted octanol–water partition coefficient (Wildman–Crippen LogP) is 5.27. The van der Waals surface area contributed by atoms with E-state index in [2.05, 4.69) is 10.3 Å². The lowest BCUT2D eigenvalue weighted by molar-refractivity contribution is -0.141. The van der Waals surface area contributed by atoms with Crippen LogP contribution in [-0.2, 0) is 6.18 Å². The van der Waals surface area contributed by atoms with E-state index >= 15 is 0 Å². The Kier molecular flexibility index (Phi) is 4.50. The third-order valence-corrected chi connectivity index (χ3v) is 4.44. The Hall–Kier alpha value is -3.39. The fourth-order valence-corrected chi connectivity index (χ4v) is 2.98. The summed E-state index contributed by atoms with van der Waals surface area (Å²) in [6.07, 6.45) is -4.94. The summed E-state index contributed by atoms with van der Waals surface area (Å²) < 4.78 is 46.1. The lowest BCUT2D eigenvalue weighted by Gasteiger charge is -2.13. The van der Waals surface area contributed by atoms with Crippen molar-refractivity contribution >= 4 is 45.3 Å². The molecule has 1 amide bonds. The summed E-state index contributed by atoms with van der Waals surface area (Å²) >= 11 is 5.76. The molecule has 0 spiro atoms. The first-order valence-corrected chi connectivity index (χ1v) is 8.62. The van der Waals surface area contributed by atoms with Crippen molar-refractivity contribution in [2.45, 2.75) is 6.18 Å². The molecule has 2 aromatic carbocycles. The second-order valence-corrected chi connectivity index (χ2v) is 6.56. The smallest absolute Gasteiger partial charge is 0.434 e. The number of nitrogens with zero attached hydrogens (tertiary/aromatic N) is 1. The number of rotatable bonds is 2. The average Bonchev–Trinajstić information content (AvgIpc) is 2.68. The largest absolute Gasteiger partial charge is 0.437 e. The maximum Gasteiger partial charge on any atom is 0.434 e. The lowest BCUT2D eigenvalue weighted by atomic mass is 10.1. The Balaban J connectivity index is 1.92. The van der Waals surface area contributed by atoms with Crippen molar-refractivity contribution in [3.8, 4) is 0 Å². The van der Waals surface area contributed by atoms with Gasteiger partial charge in [-0.3, -0.25) is 9.59 Å². The molecule has 0 fully saturated rings. The maximum atomic E-state index is 13.6. The van der Waals surface area contributed by atoms with Crippen LogP contribution in [0.1, 0.15) is 16.1 Å². The van der Waals surface area contributed by atoms with Crippen LogP contribution in [-0.4, -0.2) is 10.9 Å². The summed E-state index contributed by atoms with van der Waals surface area (Å²) in [6.45, 7) is 0. The van der Waals surface area contributed by atoms with Crippen LogP contribution >= 0.6 is 11.6 Å². The quantitative estimate of drug-likeness (QED) is 0.450. The van der Waals surface area contributed by atoms with Gasteiger partial charge < -0.3 is 9.73 Å². The molecule has 5 nitrogen and oxygen atoms in total. The standard InChI is InChI=1S/C20H10ClF3N2O3/c21-10-5-7-11(8-6-10)25-18(28)14-9-13-16(27)12-3-1-2-4-15(12)29-19(13)26-17(14)20(22,23)24/h1-9H,(H,25,28). The van der Waals surface area contributed by atoms with Crippen LogP contribution in [0.5, 0.6) is 0 Å². The van der Waals surface area contributed by atoms with Crippen molar-refractivity contribution in [2.75, 3.05) is 5.32 Å². The van der Waals surface area contributed by atoms with Gasteiger partial charge in [0.25, 0.3) is 5.91 Å². The fraction of sp³-hybridized carbons (Fsp3) is 0.0500. The highest BCUT2D eigenvalue weighted by Gasteiger charge is 2.38. The van der Waals surface area contributed by atoms with Crippen LogP contribution in [0, 0.1) is 0 Å². The van der Waals surface area contributed by atoms with Gasteiger partial charge in [-0.15, -0.1) is 0 Å². The highest BCUT2D eigenvalue weighted by molar-refractivity contribution is 6.30. The first-order valence-electron chi connectivity index (χ1n) is 8.25. The Morgan fingerprint density at radius 2 is 1.72 bits per heavy atom. The van der Waals surface area contributed by atoms with Crippen molar-refractivity contribution in [2.24, 2.45) is 0 Å². The van der Waals surface area contributed by atoms with Gasteiger partial charge in [-0.2, -0.15) is 13.2 Å². The van der Waals surface area contributed by atoms with Crippen molar-refractivity contribution in [1.82, 2.24) is 4.98 Å². The summed E-state index contributed by atoms with van der Waals surface area (Å²) in [6, 6.07) is 12.8. The number of carbonyl (C=O) groups excluding carboxylic acids is 1. The van der Waals surface area contributed by atoms with E-state index < -0.39 is 34.5 Å². The number of hydrogen-bond donors (Lipinski definition) is 1. The van der Waals surface area contributed by atoms with Crippen molar-refractivity contribution in [1.29, 1.82) is 0 Å². The highest BCUT2D eigenvalue weighted by atomic mass is 35.5. The minimum atomic E-state index is -4.94. The first-order chi connectivity index (χ1) is 13.7. The predicted molar refractivity (Wildman–Crippen MR) is 102 cm³/mol. The molecule has 29 heavy (non-hydrogen) atoms. The molecule has 0 atom stereocenters. The van der Waals surface area contributed by atoms with Crippen LogP contribution in [0.2, 0.25) is 5.02 Å². The second kappa shape index (κ2) is 6.89. The highest BCUT2D eigenvalue weighted by Crippen LogP contribution is 2.33. The molecule has 0 aliphatic rings. The molecule has 0 radical (unpaired) electrons. The number of aromatic nitrogens is 1. The number of carbonyl (C=O) groups is 1. The molecule has 9 heteroatoms. The molecular weight excluding hydrogens is 409 g/mol. The van der Waals surface area contributed by atoms with Crippen LogP contribution in [0.4, 0.5) is 18.9 Å². The number of amides is 1. The molecule has 2 aromatic heterocycles. The maximum absolute atomic E-state index is 13.6. The summed E-state index contributed by atoms with van der Waals surface area (Å²) in [4.78, 5) is 28.7. The van der Waals surface area contributed by atoms with Gasteiger partial charge >= 0.3 is 6.18 Å². The zero-order chi connectivity index (χ0) is 20.8. The number of anilines is 1. The minimum Gasteiger partial charge on any atom is -0.437 e. The number of hydrogen-bond acceptors (Lipinski definition) is 4. The topological polar surface area (TPSA) is 72.2 Å². The van der Waals surface area contributed by atoms with Crippen LogP contribution < -0.4 is 10.7 Å². The third-order valence-electron chi connectivity index (χ3n) is 4.19. The number of fused-ring (bicyclic) bond motifs is 2. The average molecular weight is 419 g/mol. The SMILES string of the molecule is O=C(Nc1ccc(Cl)cc1)c1cc2c(=O)c3ccccc3oc2nc1C(F)(F)F. The van der Waals surface area contributed by atoms with Crippen LogP contribution in [0.3, 0.4) is 0 Å². The Morgan fingerprint density at radius 3 is 2.41 bits per heavy atom. The van der Waals surface area contributed by atoms with Gasteiger partial charge in [-0.05, 0) is 42.5 Å². The molecule has 2 heterocycles. The van der Waals surface area contributed by atoms with E-state index in [-0.39, 0.29) is 22.0 Å². The van der Waals surface area contributed by atoms with Gasteiger partial charge in [0.15, 0.2) is 5.69 Å². The Bertz CT molecular complexity index is 1320. The molecule has 1 N–H and O–H groups in total. The normalized spacial score (nSPS) is 11.7. The van der Waals surface area contributed by atoms with Crippen LogP contribution in [0.25, 0.3) is 22.1 Å². The van der Waals surface area contributed by atoms with Gasteiger partial charge in [0, 0.05) is 10.7 Å². The molecule has 0 aliphatic heterocycles. The van der Waals surface area contributed by atoms with Gasteiger partial charge in [-0.1, -0.05) is 23.7 Å². The molecule has 0 bridgehead atoms. The van der Waals surface area contributed by atoms with E-state index in [0.717, 1.165) is 6.07 Å². The molecule has 0 unspecified atom stereocenters. The fourth-order valence-electron chi connectivity index (χ4n) is 2.85. The van der Waals surface area contributed by atoms with E-state index in [4.69, 9.17) is 16.0 Å². The number of halogens is 4. The molecule has 0 aliphatic carbocycles. The molecule has 0 saturated carbocycles. The van der Waals surface area contributed by atoms with Gasteiger partial charge in [0.2, 0.25) is 11.1 Å². The second-order valence-electron chi connectivity index (χ2n) is 6.12. The van der Waals surface area contributed by atoms with Gasteiger partial charge in [0.1, 0.15) is 5.58 Å². The molecule has 4 rings (SSSR count). The third kappa shape index (κ3) is 3.54. The lowest BCUT2D eigenvalue weighted by Crippen LogP contribution is -2.21. The van der Waals surface area contributed by atoms with E-state index in [1.165, 1.54) is 36.4 Å². The zero-order valence-corrected chi connectivity index (χ0v) is 15.1. The van der Waals surface area contributed by atoms with E-state index in [1.807, 2.05) is 0 Å². The van der Waals surface area contributed by atoms with Gasteiger partial charge in [-0.25, -0.2) is 4.98 Å². The van der Waals surface area contributed by atoms with E-state index in [9.17, 15) is 22.8 Å². The van der Waals surface area contributed by atoms with Crippen molar-refractivity contribution < 1.29 is 22.4 Å². The van der Waals surface area contributed by atoms with Crippen LogP contribution in [0.15, 0.2) is 63.8 Å². The first kappa shape index (κ1) is 18.9. The Labute approximate surface area is 165 Å². The monoisotopic (exact) mass is 418 g/mol. The minimum absolute atomic E-state index is 0.101. The Morgan fingerprint density at radius 1 is 1.03 bits per heavy atom. The van der Waals surface area contributed by atoms with E-state index in [1.54, 1.807) is 12.1 Å². The van der Waals surface area contributed by atoms with Crippen molar-refractivity contribution in [3.05, 3.63) is 81.1 Å². The summed E-state index contributed by atoms with van der Waals surface area (Å²) in [7, 11) is 0. The number of alkyl halides is 3. The van der Waals surface area contributed by atoms with Crippen molar-refractivity contribution in [3.63, 3.8) is 0 Å². The number of nitrogens with one attached hydrogen (secondary N) is 1. The van der Waals surface area contributed by atoms with E-state index in [0.29, 0.717) is 5.02 Å². The summed E-state index contributed by atoms with van der Waals surface area (Å²) in [5, 5.41) is 2.70. The number of para-hydroxylation sites is 1.